The lowest BCUT2D eigenvalue weighted by atomic mass is 9.80. The number of benzene rings is 2. The molecule has 3 rings (SSSR count). The Hall–Kier alpha value is -3.26. The first kappa shape index (κ1) is 21.4. The molecular formula is C25H29N3O2. The maximum absolute atomic E-state index is 12.7. The van der Waals surface area contributed by atoms with Crippen molar-refractivity contribution < 1.29 is 9.53 Å². The van der Waals surface area contributed by atoms with Crippen molar-refractivity contribution in [1.82, 2.24) is 0 Å². The van der Waals surface area contributed by atoms with Gasteiger partial charge in [-0.2, -0.15) is 5.26 Å². The van der Waals surface area contributed by atoms with Gasteiger partial charge in [-0.15, -0.1) is 0 Å². The zero-order valence-corrected chi connectivity index (χ0v) is 18.5. The molecule has 0 aromatic heterocycles. The average molecular weight is 404 g/mol. The van der Waals surface area contributed by atoms with Gasteiger partial charge in [-0.05, 0) is 68.5 Å². The van der Waals surface area contributed by atoms with Crippen LogP contribution in [0.25, 0.3) is 6.08 Å². The van der Waals surface area contributed by atoms with Crippen LogP contribution in [0.1, 0.15) is 49.8 Å². The van der Waals surface area contributed by atoms with Gasteiger partial charge in [0.15, 0.2) is 0 Å². The number of methoxy groups -OCH3 is 1. The number of rotatable bonds is 4. The second-order valence-electron chi connectivity index (χ2n) is 8.62. The van der Waals surface area contributed by atoms with Crippen molar-refractivity contribution in [2.24, 2.45) is 0 Å². The second-order valence-corrected chi connectivity index (χ2v) is 8.62. The first-order chi connectivity index (χ1) is 14.2. The number of anilines is 2. The summed E-state index contributed by atoms with van der Waals surface area (Å²) in [7, 11) is 3.70. The van der Waals surface area contributed by atoms with Gasteiger partial charge >= 0.3 is 0 Å². The van der Waals surface area contributed by atoms with Crippen LogP contribution in [-0.4, -0.2) is 25.6 Å². The van der Waals surface area contributed by atoms with Crippen LogP contribution in [0.4, 0.5) is 11.4 Å². The summed E-state index contributed by atoms with van der Waals surface area (Å²) in [5, 5.41) is 12.4. The molecule has 1 atom stereocenters. The Bertz CT molecular complexity index is 1050. The molecular weight excluding hydrogens is 374 g/mol. The summed E-state index contributed by atoms with van der Waals surface area (Å²) in [5.41, 5.74) is 4.82. The lowest BCUT2D eigenvalue weighted by Crippen LogP contribution is -2.45. The van der Waals surface area contributed by atoms with Crippen molar-refractivity contribution in [1.29, 1.82) is 5.26 Å². The topological polar surface area (TPSA) is 65.4 Å². The smallest absolute Gasteiger partial charge is 0.266 e. The summed E-state index contributed by atoms with van der Waals surface area (Å²) in [6.07, 6.45) is 2.63. The van der Waals surface area contributed by atoms with Gasteiger partial charge in [-0.25, -0.2) is 0 Å². The molecule has 0 saturated heterocycles. The van der Waals surface area contributed by atoms with Gasteiger partial charge in [0.1, 0.15) is 17.4 Å². The summed E-state index contributed by atoms with van der Waals surface area (Å²) in [4.78, 5) is 15.0. The monoisotopic (exact) mass is 403 g/mol. The first-order valence-corrected chi connectivity index (χ1v) is 10.1. The molecule has 0 fully saturated rings. The van der Waals surface area contributed by atoms with Crippen LogP contribution in [-0.2, 0) is 4.79 Å². The van der Waals surface area contributed by atoms with Crippen molar-refractivity contribution in [3.63, 3.8) is 0 Å². The normalized spacial score (nSPS) is 17.7. The highest BCUT2D eigenvalue weighted by atomic mass is 16.5. The number of ether oxygens (including phenoxy) is 1. The Morgan fingerprint density at radius 1 is 1.33 bits per heavy atom. The molecule has 30 heavy (non-hydrogen) atoms. The molecule has 1 N–H and O–H groups in total. The number of carbonyl (C=O) groups excluding carboxylic acids is 1. The first-order valence-electron chi connectivity index (χ1n) is 10.1. The van der Waals surface area contributed by atoms with E-state index in [9.17, 15) is 10.1 Å². The highest BCUT2D eigenvalue weighted by molar-refractivity contribution is 6.10. The lowest BCUT2D eigenvalue weighted by molar-refractivity contribution is -0.112. The van der Waals surface area contributed by atoms with Crippen molar-refractivity contribution in [2.45, 2.75) is 45.6 Å². The van der Waals surface area contributed by atoms with E-state index in [0.717, 1.165) is 23.2 Å². The molecule has 0 bridgehead atoms. The van der Waals surface area contributed by atoms with Crippen molar-refractivity contribution in [2.75, 3.05) is 24.4 Å². The van der Waals surface area contributed by atoms with Crippen molar-refractivity contribution >= 4 is 23.4 Å². The highest BCUT2D eigenvalue weighted by Gasteiger charge is 2.34. The number of hydrogen-bond donors (Lipinski definition) is 1. The van der Waals surface area contributed by atoms with Crippen molar-refractivity contribution in [3.8, 4) is 11.8 Å². The molecule has 1 heterocycles. The third-order valence-electron chi connectivity index (χ3n) is 5.93. The Morgan fingerprint density at radius 3 is 2.70 bits per heavy atom. The number of fused-ring (bicyclic) bond motifs is 1. The van der Waals surface area contributed by atoms with E-state index in [1.54, 1.807) is 19.3 Å². The molecule has 1 unspecified atom stereocenters. The van der Waals surface area contributed by atoms with Gasteiger partial charge in [-0.3, -0.25) is 4.79 Å². The number of aryl methyl sites for hydroxylation is 1. The van der Waals surface area contributed by atoms with Crippen LogP contribution in [0.5, 0.6) is 5.75 Å². The third-order valence-corrected chi connectivity index (χ3v) is 5.93. The highest BCUT2D eigenvalue weighted by Crippen LogP contribution is 2.45. The van der Waals surface area contributed by atoms with Crippen molar-refractivity contribution in [3.05, 3.63) is 58.7 Å². The van der Waals surface area contributed by atoms with Gasteiger partial charge in [0.05, 0.1) is 7.11 Å². The maximum atomic E-state index is 12.7. The number of amides is 1. The average Bonchev–Trinajstić information content (AvgIpc) is 2.69. The van der Waals surface area contributed by atoms with E-state index < -0.39 is 5.91 Å². The molecule has 5 nitrogen and oxygen atoms in total. The standard InChI is InChI=1S/C25H29N3O2/c1-16-8-7-9-20(10-16)27-24(29)19(15-26)11-18-12-21-17(2)14-25(3,4)28(5)22(21)13-23(18)30-6/h7-13,17H,14H2,1-6H3,(H,27,29)/b19-11+. The summed E-state index contributed by atoms with van der Waals surface area (Å²) in [5.74, 6) is 0.562. The Morgan fingerprint density at radius 2 is 2.07 bits per heavy atom. The van der Waals surface area contributed by atoms with E-state index in [-0.39, 0.29) is 11.1 Å². The van der Waals surface area contributed by atoms with Gasteiger partial charge in [-0.1, -0.05) is 19.1 Å². The molecule has 0 aliphatic carbocycles. The predicted octanol–water partition coefficient (Wildman–Crippen LogP) is 5.27. The number of nitrogens with one attached hydrogen (secondary N) is 1. The Kier molecular flexibility index (Phi) is 5.89. The quantitative estimate of drug-likeness (QED) is 0.558. The molecule has 2 aromatic rings. The molecule has 0 radical (unpaired) electrons. The van der Waals surface area contributed by atoms with Crippen LogP contribution in [0.2, 0.25) is 0 Å². The molecule has 0 saturated carbocycles. The second kappa shape index (κ2) is 8.23. The number of nitrogens with zero attached hydrogens (tertiary/aromatic N) is 2. The van der Waals surface area contributed by atoms with E-state index in [1.807, 2.05) is 43.3 Å². The summed E-state index contributed by atoms with van der Waals surface area (Å²) >= 11 is 0. The lowest BCUT2D eigenvalue weighted by Gasteiger charge is -2.45. The van der Waals surface area contributed by atoms with Crippen LogP contribution >= 0.6 is 0 Å². The fourth-order valence-electron chi connectivity index (χ4n) is 4.13. The molecule has 5 heteroatoms. The Labute approximate surface area is 179 Å². The van der Waals surface area contributed by atoms with Gasteiger partial charge in [0.2, 0.25) is 0 Å². The fourth-order valence-corrected chi connectivity index (χ4v) is 4.13. The number of carbonyl (C=O) groups is 1. The van der Waals surface area contributed by atoms with Gasteiger partial charge in [0.25, 0.3) is 5.91 Å². The number of nitriles is 1. The SMILES string of the molecule is COc1cc2c(cc1/C=C(\C#N)C(=O)Nc1cccc(C)c1)C(C)CC(C)(C)N2C. The molecule has 1 aliphatic rings. The van der Waals surface area contributed by atoms with E-state index >= 15 is 0 Å². The van der Waals surface area contributed by atoms with E-state index in [2.05, 4.69) is 38.0 Å². The molecule has 1 aliphatic heterocycles. The van der Waals surface area contributed by atoms with Gasteiger partial charge < -0.3 is 15.0 Å². The number of hydrogen-bond acceptors (Lipinski definition) is 4. The van der Waals surface area contributed by atoms with Crippen LogP contribution in [0.3, 0.4) is 0 Å². The summed E-state index contributed by atoms with van der Waals surface area (Å²) < 4.78 is 5.61. The zero-order valence-electron chi connectivity index (χ0n) is 18.5. The minimum Gasteiger partial charge on any atom is -0.496 e. The largest absolute Gasteiger partial charge is 0.496 e. The molecule has 1 amide bonds. The minimum atomic E-state index is -0.436. The third kappa shape index (κ3) is 4.18. The van der Waals surface area contributed by atoms with Crippen LogP contribution in [0.15, 0.2) is 42.0 Å². The van der Waals surface area contributed by atoms with E-state index in [1.165, 1.54) is 5.56 Å². The van der Waals surface area contributed by atoms with Crippen LogP contribution in [0, 0.1) is 18.3 Å². The van der Waals surface area contributed by atoms with Crippen LogP contribution < -0.4 is 15.0 Å². The fraction of sp³-hybridized carbons (Fsp3) is 0.360. The summed E-state index contributed by atoms with van der Waals surface area (Å²) in [6, 6.07) is 13.6. The van der Waals surface area contributed by atoms with Gasteiger partial charge in [0, 0.05) is 35.6 Å². The predicted molar refractivity (Wildman–Crippen MR) is 122 cm³/mol. The molecule has 0 spiro atoms. The van der Waals surface area contributed by atoms with E-state index in [0.29, 0.717) is 17.4 Å². The maximum Gasteiger partial charge on any atom is 0.266 e. The Balaban J connectivity index is 2.00. The zero-order chi connectivity index (χ0) is 22.1. The molecule has 156 valence electrons. The molecule has 2 aromatic carbocycles. The van der Waals surface area contributed by atoms with E-state index in [4.69, 9.17) is 4.74 Å². The minimum absolute atomic E-state index is 0.0342. The summed E-state index contributed by atoms with van der Waals surface area (Å²) in [6.45, 7) is 8.63.